The predicted octanol–water partition coefficient (Wildman–Crippen LogP) is 11.9. The number of phenolic OH excluding ortho intramolecular Hbond substituents is 1. The van der Waals surface area contributed by atoms with Crippen LogP contribution in [0.3, 0.4) is 0 Å². The van der Waals surface area contributed by atoms with Gasteiger partial charge in [-0.25, -0.2) is 0 Å². The minimum absolute atomic E-state index is 0.0235. The molecule has 0 radical (unpaired) electrons. The van der Waals surface area contributed by atoms with E-state index < -0.39 is 22.2 Å². The van der Waals surface area contributed by atoms with E-state index in [9.17, 15) is 47.1 Å². The highest BCUT2D eigenvalue weighted by molar-refractivity contribution is 7.85. The van der Waals surface area contributed by atoms with E-state index in [0.29, 0.717) is 90.6 Å². The summed E-state index contributed by atoms with van der Waals surface area (Å²) in [6.45, 7) is 7.25. The normalized spacial score (nSPS) is 16.3. The second kappa shape index (κ2) is 32.0. The third kappa shape index (κ3) is 16.3. The Morgan fingerprint density at radius 1 is 0.528 bits per heavy atom. The first-order valence-electron chi connectivity index (χ1n) is 35.4. The Morgan fingerprint density at radius 3 is 1.50 bits per heavy atom. The summed E-state index contributed by atoms with van der Waals surface area (Å²) in [5.41, 5.74) is 15.6. The van der Waals surface area contributed by atoms with Crippen LogP contribution >= 0.6 is 0 Å². The molecule has 0 bridgehead atoms. The second-order valence-corrected chi connectivity index (χ2v) is 29.0. The lowest BCUT2D eigenvalue weighted by molar-refractivity contribution is -0.141. The van der Waals surface area contributed by atoms with E-state index >= 15 is 0 Å². The van der Waals surface area contributed by atoms with Crippen LogP contribution in [0, 0.1) is 13.8 Å². The van der Waals surface area contributed by atoms with Crippen molar-refractivity contribution in [2.24, 2.45) is 0 Å². The smallest absolute Gasteiger partial charge is 0.305 e. The number of ether oxygens (including phenoxy) is 5. The van der Waals surface area contributed by atoms with Crippen molar-refractivity contribution in [3.8, 4) is 23.0 Å². The minimum atomic E-state index is -3.47. The zero-order valence-corrected chi connectivity index (χ0v) is 61.7. The summed E-state index contributed by atoms with van der Waals surface area (Å²) in [6.07, 6.45) is 7.34. The number of benzene rings is 8. The molecule has 0 aliphatic carbocycles. The van der Waals surface area contributed by atoms with Gasteiger partial charge in [0.2, 0.25) is 11.8 Å². The van der Waals surface area contributed by atoms with Gasteiger partial charge in [-0.2, -0.15) is 8.42 Å². The molecule has 0 saturated heterocycles. The van der Waals surface area contributed by atoms with Crippen molar-refractivity contribution in [1.29, 1.82) is 0 Å². The van der Waals surface area contributed by atoms with E-state index in [0.717, 1.165) is 110 Å². The quantitative estimate of drug-likeness (QED) is 0.0445. The zero-order valence-electron chi connectivity index (χ0n) is 60.9. The number of carbonyl (C=O) groups excluding carboxylic acids is 7. The number of amides is 5. The van der Waals surface area contributed by atoms with Crippen molar-refractivity contribution < 1.29 is 75.0 Å². The van der Waals surface area contributed by atoms with Gasteiger partial charge in [0.05, 0.1) is 56.7 Å². The lowest BCUT2D eigenvalue weighted by Gasteiger charge is -2.23. The molecule has 3 N–H and O–H groups in total. The maximum Gasteiger partial charge on any atom is 0.305 e. The van der Waals surface area contributed by atoms with Gasteiger partial charge >= 0.3 is 11.9 Å². The third-order valence-corrected chi connectivity index (χ3v) is 20.6. The molecule has 0 saturated carbocycles. The Kier molecular flexibility index (Phi) is 22.5. The van der Waals surface area contributed by atoms with Crippen LogP contribution in [-0.4, -0.2) is 128 Å². The van der Waals surface area contributed by atoms with Crippen LogP contribution in [0.2, 0.25) is 0 Å². The van der Waals surface area contributed by atoms with Crippen molar-refractivity contribution in [2.45, 2.75) is 123 Å². The summed E-state index contributed by atoms with van der Waals surface area (Å²) < 4.78 is 55.1. The summed E-state index contributed by atoms with van der Waals surface area (Å²) in [5.74, 6) is -0.104. The second-order valence-electron chi connectivity index (χ2n) is 27.3. The van der Waals surface area contributed by atoms with E-state index in [1.54, 1.807) is 40.1 Å². The topological polar surface area (TPSA) is 270 Å². The fraction of sp³-hybridized carbons (Fsp3) is 0.329. The minimum Gasteiger partial charge on any atom is -0.508 e. The molecule has 0 spiro atoms. The third-order valence-electron chi connectivity index (χ3n) is 20.1. The first kappa shape index (κ1) is 74.5. The molecule has 14 rings (SSSR count). The number of phenols is 1. The molecule has 6 aliphatic heterocycles. The molecular formula is C82H87N7O16S. The van der Waals surface area contributed by atoms with E-state index in [2.05, 4.69) is 27.5 Å². The Morgan fingerprint density at radius 2 is 0.981 bits per heavy atom. The average Bonchev–Trinajstić information content (AvgIpc) is 1.61. The number of nitrogens with zero attached hydrogens (tertiary/aromatic N) is 5. The number of hydrogen-bond acceptors (Lipinski definition) is 18. The molecule has 0 aromatic heterocycles. The highest BCUT2D eigenvalue weighted by Crippen LogP contribution is 2.44. The Bertz CT molecular complexity index is 4890. The SMILES string of the molecule is CCc1cc(COS(C)(=O)=O)cc(N(C)CCCC(=O)OC)c1.COC(=O)CCCN(C)c1cc(COc2cc3c(cc2C)C(=O)N2c4ccccc4C[C@H]2C(=O)N3)cc(COc2cc3c(cc2OC)C(=O)N2c4ccccc4C[C@H]2C(=O)N3)c1.Cc1cc2c(cc1O)CC[C@@H]1Cc3ccccc3N1C2=O. The van der Waals surface area contributed by atoms with Gasteiger partial charge in [0.25, 0.3) is 27.8 Å². The monoisotopic (exact) mass is 1460 g/mol. The van der Waals surface area contributed by atoms with Crippen molar-refractivity contribution in [1.82, 2.24) is 0 Å². The number of rotatable bonds is 21. The van der Waals surface area contributed by atoms with Crippen molar-refractivity contribution in [3.63, 3.8) is 0 Å². The van der Waals surface area contributed by atoms with Crippen LogP contribution in [0.5, 0.6) is 23.0 Å². The Balaban J connectivity index is 0.000000194. The summed E-state index contributed by atoms with van der Waals surface area (Å²) in [4.78, 5) is 100. The number of carbonyl (C=O) groups is 7. The summed E-state index contributed by atoms with van der Waals surface area (Å²) >= 11 is 0. The maximum absolute atomic E-state index is 14.0. The molecule has 552 valence electrons. The molecule has 3 atom stereocenters. The first-order chi connectivity index (χ1) is 50.9. The van der Waals surface area contributed by atoms with Crippen LogP contribution < -0.4 is 49.3 Å². The van der Waals surface area contributed by atoms with Gasteiger partial charge < -0.3 is 54.1 Å². The highest BCUT2D eigenvalue weighted by Gasteiger charge is 2.44. The number of para-hydroxylation sites is 3. The molecule has 8 aromatic rings. The molecule has 6 heterocycles. The molecule has 106 heavy (non-hydrogen) atoms. The van der Waals surface area contributed by atoms with Gasteiger partial charge in [0.15, 0.2) is 11.5 Å². The number of hydrogen-bond donors (Lipinski definition) is 3. The van der Waals surface area contributed by atoms with Crippen LogP contribution in [0.15, 0.2) is 146 Å². The highest BCUT2D eigenvalue weighted by atomic mass is 32.2. The van der Waals surface area contributed by atoms with Crippen LogP contribution in [0.1, 0.15) is 126 Å². The van der Waals surface area contributed by atoms with Gasteiger partial charge in [-0.05, 0) is 181 Å². The van der Waals surface area contributed by atoms with Crippen LogP contribution in [0.25, 0.3) is 0 Å². The Hall–Kier alpha value is -11.2. The number of nitrogens with one attached hydrogen (secondary N) is 2. The molecule has 23 nitrogen and oxygen atoms in total. The zero-order chi connectivity index (χ0) is 75.3. The van der Waals surface area contributed by atoms with Crippen molar-refractivity contribution >= 4 is 91.4 Å². The lowest BCUT2D eigenvalue weighted by Crippen LogP contribution is -2.42. The molecule has 8 aromatic carbocycles. The van der Waals surface area contributed by atoms with Gasteiger partial charge in [-0.3, -0.25) is 47.5 Å². The van der Waals surface area contributed by atoms with E-state index in [1.807, 2.05) is 153 Å². The molecular weight excluding hydrogens is 1370 g/mol. The number of fused-ring (bicyclic) bond motifs is 12. The van der Waals surface area contributed by atoms with Gasteiger partial charge in [-0.15, -0.1) is 0 Å². The standard InChI is InChI=1S/C48H45N5O9.C18H17NO2.C16H25NO5S/c1-27-16-33-35(49-45(55)39-20-30-10-5-7-12-37(30)52(39)47(33)57)23-41(27)61-25-28-17-29(19-32(18-28)51(2)15-9-14-44(54)60-4)26-62-43-24-36-34(22-42(43)59-3)48(58)53-38-13-8-6-11-31(38)21-40(53)46(56)50-36;1-11-8-15-12(10-17(11)20)6-7-14-9-13-4-2-3-5-16(13)19(14)18(15)21;1-5-13-9-14(12-22-23(4,19)20)11-15(10-13)17(2)8-6-7-16(18)21-3/h5-8,10-13,16-19,22-24,39-40H,9,14-15,20-21,25-26H2,1-4H3,(H,49,55)(H,50,56);2-5,8,10,14,20H,6-7,9H2,1H3;9-11H,5-8,12H2,1-4H3/t39-,40-;14-;/m01./s1. The molecule has 5 amide bonds. The number of esters is 2. The largest absolute Gasteiger partial charge is 0.508 e. The van der Waals surface area contributed by atoms with Crippen LogP contribution in [-0.2, 0) is 94.9 Å². The van der Waals surface area contributed by atoms with Crippen LogP contribution in [0.4, 0.5) is 39.8 Å². The summed E-state index contributed by atoms with van der Waals surface area (Å²) in [7, 11) is 4.65. The van der Waals surface area contributed by atoms with Gasteiger partial charge in [-0.1, -0.05) is 67.6 Å². The lowest BCUT2D eigenvalue weighted by atomic mass is 9.98. The predicted molar refractivity (Wildman–Crippen MR) is 404 cm³/mol. The molecule has 24 heteroatoms. The van der Waals surface area contributed by atoms with Gasteiger partial charge in [0.1, 0.15) is 36.8 Å². The van der Waals surface area contributed by atoms with Crippen molar-refractivity contribution in [2.75, 3.05) is 89.9 Å². The fourth-order valence-electron chi connectivity index (χ4n) is 14.4. The van der Waals surface area contributed by atoms with Gasteiger partial charge in [0, 0.05) is 105 Å². The Labute approximate surface area is 617 Å². The number of aryl methyl sites for hydroxylation is 4. The van der Waals surface area contributed by atoms with E-state index in [1.165, 1.54) is 26.9 Å². The van der Waals surface area contributed by atoms with E-state index in [-0.39, 0.29) is 79.5 Å². The van der Waals surface area contributed by atoms with E-state index in [4.69, 9.17) is 23.1 Å². The average molecular weight is 1460 g/mol. The summed E-state index contributed by atoms with van der Waals surface area (Å²) in [5, 5.41) is 15.8. The molecule has 0 fully saturated rings. The number of methoxy groups -OCH3 is 3. The molecule has 0 unspecified atom stereocenters. The first-order valence-corrected chi connectivity index (χ1v) is 37.2. The maximum atomic E-state index is 14.0. The van der Waals surface area contributed by atoms with Crippen molar-refractivity contribution in [3.05, 3.63) is 218 Å². The fourth-order valence-corrected chi connectivity index (χ4v) is 14.8. The number of aromatic hydroxyl groups is 1. The summed E-state index contributed by atoms with van der Waals surface area (Å²) in [6, 6.07) is 44.3. The molecule has 6 aliphatic rings. The number of anilines is 7.